The van der Waals surface area contributed by atoms with E-state index in [1.165, 1.54) is 27.5 Å². The molecule has 0 saturated heterocycles. The maximum absolute atomic E-state index is 2.35. The molecular formula is C44H38N2. The minimum atomic E-state index is 0.543. The van der Waals surface area contributed by atoms with Crippen molar-refractivity contribution in [1.82, 2.24) is 0 Å². The fourth-order valence-corrected chi connectivity index (χ4v) is 6.16. The van der Waals surface area contributed by atoms with Crippen molar-refractivity contribution < 1.29 is 0 Å². The van der Waals surface area contributed by atoms with E-state index in [2.05, 4.69) is 200 Å². The molecule has 7 aromatic rings. The molecule has 0 aliphatic rings. The van der Waals surface area contributed by atoms with Crippen LogP contribution in [-0.4, -0.2) is 0 Å². The summed E-state index contributed by atoms with van der Waals surface area (Å²) in [5, 5.41) is 2.46. The fraction of sp³-hybridized carbons (Fsp3) is 0.0909. The fourth-order valence-electron chi connectivity index (χ4n) is 6.16. The van der Waals surface area contributed by atoms with Crippen LogP contribution < -0.4 is 9.80 Å². The average molecular weight is 595 g/mol. The lowest BCUT2D eigenvalue weighted by atomic mass is 9.98. The zero-order valence-corrected chi connectivity index (χ0v) is 26.4. The second-order valence-corrected chi connectivity index (χ2v) is 11.9. The van der Waals surface area contributed by atoms with Gasteiger partial charge in [-0.25, -0.2) is 0 Å². The molecule has 0 amide bonds. The van der Waals surface area contributed by atoms with Gasteiger partial charge in [0, 0.05) is 34.1 Å². The lowest BCUT2D eigenvalue weighted by molar-refractivity contribution is 0.733. The number of rotatable bonds is 9. The second kappa shape index (κ2) is 13.2. The van der Waals surface area contributed by atoms with Crippen LogP contribution in [0, 0.1) is 0 Å². The molecule has 2 heteroatoms. The summed E-state index contributed by atoms with van der Waals surface area (Å²) in [6, 6.07) is 63.3. The average Bonchev–Trinajstić information content (AvgIpc) is 3.13. The number of fused-ring (bicyclic) bond motifs is 1. The van der Waals surface area contributed by atoms with Gasteiger partial charge in [0.05, 0.1) is 0 Å². The number of para-hydroxylation sites is 1. The summed E-state index contributed by atoms with van der Waals surface area (Å²) < 4.78 is 0. The Bertz CT molecular complexity index is 2010. The molecule has 1 unspecified atom stereocenters. The van der Waals surface area contributed by atoms with Crippen molar-refractivity contribution in [1.29, 1.82) is 0 Å². The first kappa shape index (κ1) is 29.1. The highest BCUT2D eigenvalue weighted by atomic mass is 15.2. The molecule has 0 radical (unpaired) electrons. The first-order chi connectivity index (χ1) is 22.7. The van der Waals surface area contributed by atoms with Gasteiger partial charge in [0.15, 0.2) is 0 Å². The first-order valence-corrected chi connectivity index (χ1v) is 16.2. The second-order valence-electron chi connectivity index (χ2n) is 11.9. The summed E-state index contributed by atoms with van der Waals surface area (Å²) in [4.78, 5) is 4.68. The summed E-state index contributed by atoms with van der Waals surface area (Å²) in [7, 11) is 0. The van der Waals surface area contributed by atoms with Crippen LogP contribution in [0.4, 0.5) is 34.1 Å². The van der Waals surface area contributed by atoms with Crippen molar-refractivity contribution in [3.8, 4) is 11.1 Å². The van der Waals surface area contributed by atoms with Gasteiger partial charge in [-0.2, -0.15) is 0 Å². The smallest absolute Gasteiger partial charge is 0.0468 e. The Morgan fingerprint density at radius 1 is 0.391 bits per heavy atom. The van der Waals surface area contributed by atoms with Gasteiger partial charge in [0.1, 0.15) is 0 Å². The highest BCUT2D eigenvalue weighted by molar-refractivity contribution is 5.90. The van der Waals surface area contributed by atoms with Crippen LogP contribution in [0.5, 0.6) is 0 Å². The molecule has 46 heavy (non-hydrogen) atoms. The highest BCUT2D eigenvalue weighted by Crippen LogP contribution is 2.40. The van der Waals surface area contributed by atoms with Gasteiger partial charge < -0.3 is 9.80 Å². The quantitative estimate of drug-likeness (QED) is 0.164. The van der Waals surface area contributed by atoms with E-state index in [-0.39, 0.29) is 0 Å². The Labute approximate surface area is 272 Å². The molecule has 1 atom stereocenters. The summed E-state index contributed by atoms with van der Waals surface area (Å²) in [5.41, 5.74) is 10.5. The van der Waals surface area contributed by atoms with Gasteiger partial charge >= 0.3 is 0 Å². The van der Waals surface area contributed by atoms with Crippen molar-refractivity contribution in [2.45, 2.75) is 26.2 Å². The number of hydrogen-bond acceptors (Lipinski definition) is 2. The van der Waals surface area contributed by atoms with Crippen LogP contribution in [-0.2, 0) is 0 Å². The molecule has 0 fully saturated rings. The summed E-state index contributed by atoms with van der Waals surface area (Å²) in [6.07, 6.45) is 1.13. The Kier molecular flexibility index (Phi) is 8.34. The Morgan fingerprint density at radius 3 is 1.39 bits per heavy atom. The molecule has 7 rings (SSSR count). The van der Waals surface area contributed by atoms with Crippen LogP contribution in [0.15, 0.2) is 176 Å². The van der Waals surface area contributed by atoms with Gasteiger partial charge in [0.2, 0.25) is 0 Å². The Hall–Kier alpha value is -5.60. The van der Waals surface area contributed by atoms with Gasteiger partial charge in [-0.3, -0.25) is 0 Å². The van der Waals surface area contributed by atoms with E-state index >= 15 is 0 Å². The number of nitrogens with zero attached hydrogens (tertiary/aromatic N) is 2. The van der Waals surface area contributed by atoms with Gasteiger partial charge in [-0.1, -0.05) is 117 Å². The Morgan fingerprint density at radius 2 is 0.804 bits per heavy atom. The van der Waals surface area contributed by atoms with E-state index in [1.54, 1.807) is 0 Å². The van der Waals surface area contributed by atoms with Crippen molar-refractivity contribution in [3.63, 3.8) is 0 Å². The van der Waals surface area contributed by atoms with Crippen molar-refractivity contribution in [2.24, 2.45) is 0 Å². The molecule has 7 aromatic carbocycles. The SMILES string of the molecule is CCC(C)c1ccc(N(c2ccccc2)c2ccc(N(c3ccc(-c4ccccc4)cc3)c3ccc4ccccc4c3)cc2)cc1. The molecule has 0 bridgehead atoms. The van der Waals surface area contributed by atoms with Crippen LogP contribution in [0.1, 0.15) is 31.7 Å². The minimum Gasteiger partial charge on any atom is -0.311 e. The molecule has 0 spiro atoms. The maximum atomic E-state index is 2.35. The van der Waals surface area contributed by atoms with Gasteiger partial charge in [0.25, 0.3) is 0 Å². The largest absolute Gasteiger partial charge is 0.311 e. The van der Waals surface area contributed by atoms with Crippen molar-refractivity contribution in [2.75, 3.05) is 9.80 Å². The molecule has 0 aliphatic carbocycles. The van der Waals surface area contributed by atoms with E-state index in [4.69, 9.17) is 0 Å². The van der Waals surface area contributed by atoms with Crippen LogP contribution >= 0.6 is 0 Å². The first-order valence-electron chi connectivity index (χ1n) is 16.2. The monoisotopic (exact) mass is 594 g/mol. The summed E-state index contributed by atoms with van der Waals surface area (Å²) in [5.74, 6) is 0.543. The molecule has 224 valence electrons. The lowest BCUT2D eigenvalue weighted by Gasteiger charge is -2.29. The predicted molar refractivity (Wildman–Crippen MR) is 197 cm³/mol. The number of hydrogen-bond donors (Lipinski definition) is 0. The van der Waals surface area contributed by atoms with Crippen molar-refractivity contribution >= 4 is 44.9 Å². The molecule has 2 nitrogen and oxygen atoms in total. The molecule has 0 saturated carbocycles. The molecule has 0 N–H and O–H groups in total. The third-order valence-electron chi connectivity index (χ3n) is 8.94. The molecular weight excluding hydrogens is 556 g/mol. The zero-order valence-electron chi connectivity index (χ0n) is 26.4. The normalized spacial score (nSPS) is 11.7. The number of anilines is 6. The Balaban J connectivity index is 1.29. The highest BCUT2D eigenvalue weighted by Gasteiger charge is 2.17. The van der Waals surface area contributed by atoms with E-state index in [0.717, 1.165) is 40.5 Å². The third kappa shape index (κ3) is 6.03. The summed E-state index contributed by atoms with van der Waals surface area (Å²) in [6.45, 7) is 4.54. The zero-order chi connectivity index (χ0) is 31.3. The van der Waals surface area contributed by atoms with Crippen LogP contribution in [0.25, 0.3) is 21.9 Å². The minimum absolute atomic E-state index is 0.543. The molecule has 0 aromatic heterocycles. The van der Waals surface area contributed by atoms with Crippen molar-refractivity contribution in [3.05, 3.63) is 181 Å². The summed E-state index contributed by atoms with van der Waals surface area (Å²) >= 11 is 0. The van der Waals surface area contributed by atoms with E-state index in [9.17, 15) is 0 Å². The lowest BCUT2D eigenvalue weighted by Crippen LogP contribution is -2.12. The van der Waals surface area contributed by atoms with E-state index in [0.29, 0.717) is 5.92 Å². The standard InChI is InChI=1S/C44H38N2/c1-3-33(2)34-18-23-40(24-19-34)45(39-16-8-5-9-17-39)42-28-30-43(31-29-42)46(44-27-22-36-14-10-11-15-38(36)32-44)41-25-20-37(21-26-41)35-12-6-4-7-13-35/h4-33H,3H2,1-2H3. The van der Waals surface area contributed by atoms with Crippen LogP contribution in [0.3, 0.4) is 0 Å². The number of benzene rings is 7. The predicted octanol–water partition coefficient (Wildman–Crippen LogP) is 13.0. The third-order valence-corrected chi connectivity index (χ3v) is 8.94. The van der Waals surface area contributed by atoms with E-state index in [1.807, 2.05) is 0 Å². The van der Waals surface area contributed by atoms with Gasteiger partial charge in [-0.05, 0) is 113 Å². The molecule has 0 aliphatic heterocycles. The topological polar surface area (TPSA) is 6.48 Å². The van der Waals surface area contributed by atoms with Gasteiger partial charge in [-0.15, -0.1) is 0 Å². The molecule has 0 heterocycles. The van der Waals surface area contributed by atoms with Crippen LogP contribution in [0.2, 0.25) is 0 Å². The maximum Gasteiger partial charge on any atom is 0.0468 e. The van der Waals surface area contributed by atoms with E-state index < -0.39 is 0 Å².